The Morgan fingerprint density at radius 2 is 1.79 bits per heavy atom. The maximum absolute atomic E-state index is 6.34. The molecule has 3 nitrogen and oxygen atoms in total. The molecule has 1 atom stereocenters. The van der Waals surface area contributed by atoms with Crippen molar-refractivity contribution in [2.75, 3.05) is 0 Å². The molecule has 4 heteroatoms. The van der Waals surface area contributed by atoms with E-state index in [1.807, 2.05) is 0 Å². The molecule has 0 fully saturated rings. The summed E-state index contributed by atoms with van der Waals surface area (Å²) in [5.41, 5.74) is 11.2. The van der Waals surface area contributed by atoms with Crippen LogP contribution in [-0.4, -0.2) is 9.59 Å². The van der Waals surface area contributed by atoms with Crippen molar-refractivity contribution in [1.29, 1.82) is 0 Å². The molecule has 0 saturated heterocycles. The van der Waals surface area contributed by atoms with E-state index in [0.717, 1.165) is 17.0 Å². The van der Waals surface area contributed by atoms with E-state index < -0.39 is 0 Å². The topological polar surface area (TPSA) is 51.8 Å². The van der Waals surface area contributed by atoms with Crippen LogP contribution in [0, 0.1) is 13.8 Å². The third-order valence-electron chi connectivity index (χ3n) is 3.16. The van der Waals surface area contributed by atoms with E-state index in [9.17, 15) is 0 Å². The summed E-state index contributed by atoms with van der Waals surface area (Å²) >= 11 is 1.43. The summed E-state index contributed by atoms with van der Waals surface area (Å²) < 4.78 is 4.05. The smallest absolute Gasteiger partial charge is 0.0829 e. The highest BCUT2D eigenvalue weighted by Gasteiger charge is 2.18. The van der Waals surface area contributed by atoms with E-state index in [4.69, 9.17) is 5.73 Å². The Kier molecular flexibility index (Phi) is 4.32. The number of hydrogen-bond acceptors (Lipinski definition) is 4. The molecule has 1 aromatic carbocycles. The Labute approximate surface area is 119 Å². The lowest BCUT2D eigenvalue weighted by molar-refractivity contribution is 0.700. The van der Waals surface area contributed by atoms with E-state index >= 15 is 0 Å². The normalized spacial score (nSPS) is 12.9. The van der Waals surface area contributed by atoms with E-state index in [1.165, 1.54) is 28.2 Å². The Morgan fingerprint density at radius 3 is 2.37 bits per heavy atom. The fraction of sp³-hybridized carbons (Fsp3) is 0.467. The highest BCUT2D eigenvalue weighted by molar-refractivity contribution is 7.05. The van der Waals surface area contributed by atoms with Crippen LogP contribution in [-0.2, 0) is 6.42 Å². The van der Waals surface area contributed by atoms with Crippen LogP contribution < -0.4 is 5.73 Å². The summed E-state index contributed by atoms with van der Waals surface area (Å²) in [6.45, 7) is 8.50. The van der Waals surface area contributed by atoms with Gasteiger partial charge in [-0.2, -0.15) is 0 Å². The predicted octanol–water partition coefficient (Wildman–Crippen LogP) is 3.52. The molecule has 0 radical (unpaired) electrons. The van der Waals surface area contributed by atoms with Crippen LogP contribution in [0.4, 0.5) is 0 Å². The second-order valence-corrected chi connectivity index (χ2v) is 6.27. The maximum Gasteiger partial charge on any atom is 0.0829 e. The van der Waals surface area contributed by atoms with Crippen molar-refractivity contribution < 1.29 is 0 Å². The van der Waals surface area contributed by atoms with Gasteiger partial charge in [0.1, 0.15) is 0 Å². The van der Waals surface area contributed by atoms with Crippen LogP contribution in [0.2, 0.25) is 0 Å². The molecule has 19 heavy (non-hydrogen) atoms. The molecule has 1 aromatic heterocycles. The van der Waals surface area contributed by atoms with E-state index in [-0.39, 0.29) is 6.04 Å². The second kappa shape index (κ2) is 5.80. The minimum absolute atomic E-state index is 0.0152. The highest BCUT2D eigenvalue weighted by Crippen LogP contribution is 2.27. The van der Waals surface area contributed by atoms with Gasteiger partial charge in [0, 0.05) is 6.04 Å². The van der Waals surface area contributed by atoms with Crippen LogP contribution in [0.3, 0.4) is 0 Å². The summed E-state index contributed by atoms with van der Waals surface area (Å²) in [4.78, 5) is 1.12. The zero-order chi connectivity index (χ0) is 14.0. The Balaban J connectivity index is 2.20. The van der Waals surface area contributed by atoms with E-state index in [1.54, 1.807) is 0 Å². The molecular formula is C15H21N3S. The lowest BCUT2D eigenvalue weighted by Gasteiger charge is -2.13. The highest BCUT2D eigenvalue weighted by atomic mass is 32.1. The van der Waals surface area contributed by atoms with Gasteiger partial charge in [-0.1, -0.05) is 47.7 Å². The van der Waals surface area contributed by atoms with E-state index in [2.05, 4.69) is 55.5 Å². The number of aromatic nitrogens is 2. The zero-order valence-corrected chi connectivity index (χ0v) is 12.8. The first-order valence-electron chi connectivity index (χ1n) is 6.62. The summed E-state index contributed by atoms with van der Waals surface area (Å²) in [6, 6.07) is 6.58. The molecule has 102 valence electrons. The van der Waals surface area contributed by atoms with Crippen molar-refractivity contribution in [3.05, 3.63) is 45.5 Å². The quantitative estimate of drug-likeness (QED) is 0.928. The predicted molar refractivity (Wildman–Crippen MR) is 80.5 cm³/mol. The van der Waals surface area contributed by atoms with E-state index in [0.29, 0.717) is 5.92 Å². The largest absolute Gasteiger partial charge is 0.323 e. The van der Waals surface area contributed by atoms with Gasteiger partial charge >= 0.3 is 0 Å². The molecule has 2 aromatic rings. The molecule has 2 rings (SSSR count). The summed E-state index contributed by atoms with van der Waals surface area (Å²) in [7, 11) is 0. The summed E-state index contributed by atoms with van der Waals surface area (Å²) in [5, 5.41) is 4.20. The first-order valence-corrected chi connectivity index (χ1v) is 7.39. The fourth-order valence-corrected chi connectivity index (χ4v) is 3.20. The molecule has 1 heterocycles. The average Bonchev–Trinajstić information content (AvgIpc) is 2.75. The van der Waals surface area contributed by atoms with Gasteiger partial charge in [0.15, 0.2) is 0 Å². The Bertz CT molecular complexity index is 540. The van der Waals surface area contributed by atoms with Gasteiger partial charge in [-0.25, -0.2) is 0 Å². The van der Waals surface area contributed by atoms with Gasteiger partial charge in [-0.05, 0) is 43.3 Å². The molecule has 0 bridgehead atoms. The molecule has 0 aliphatic heterocycles. The Morgan fingerprint density at radius 1 is 1.16 bits per heavy atom. The van der Waals surface area contributed by atoms with Crippen LogP contribution in [0.25, 0.3) is 0 Å². The third-order valence-corrected chi connectivity index (χ3v) is 4.03. The Hall–Kier alpha value is -1.26. The number of aryl methyl sites for hydroxylation is 2. The lowest BCUT2D eigenvalue weighted by Crippen LogP contribution is -2.14. The molecule has 0 aliphatic carbocycles. The zero-order valence-electron chi connectivity index (χ0n) is 12.0. The average molecular weight is 275 g/mol. The minimum atomic E-state index is -0.0152. The SMILES string of the molecule is Cc1cc(C)cc(CC(N)c2snnc2C(C)C)c1. The van der Waals surface area contributed by atoms with Gasteiger partial charge in [-0.15, -0.1) is 5.10 Å². The molecule has 0 amide bonds. The first kappa shape index (κ1) is 14.2. The molecule has 0 aliphatic rings. The first-order chi connectivity index (χ1) is 8.97. The van der Waals surface area contributed by atoms with Crippen molar-refractivity contribution in [2.24, 2.45) is 5.73 Å². The van der Waals surface area contributed by atoms with Crippen molar-refractivity contribution >= 4 is 11.5 Å². The van der Waals surface area contributed by atoms with Crippen LogP contribution >= 0.6 is 11.5 Å². The van der Waals surface area contributed by atoms with Crippen LogP contribution in [0.15, 0.2) is 18.2 Å². The number of hydrogen-bond donors (Lipinski definition) is 1. The fourth-order valence-electron chi connectivity index (χ4n) is 2.40. The summed E-state index contributed by atoms with van der Waals surface area (Å²) in [5.74, 6) is 0.374. The maximum atomic E-state index is 6.34. The van der Waals surface area contributed by atoms with Crippen molar-refractivity contribution in [2.45, 2.75) is 46.1 Å². The second-order valence-electron chi connectivity index (χ2n) is 5.48. The molecular weight excluding hydrogens is 254 g/mol. The van der Waals surface area contributed by atoms with Crippen molar-refractivity contribution in [1.82, 2.24) is 9.59 Å². The third kappa shape index (κ3) is 3.39. The number of benzene rings is 1. The minimum Gasteiger partial charge on any atom is -0.323 e. The van der Waals surface area contributed by atoms with Crippen LogP contribution in [0.5, 0.6) is 0 Å². The van der Waals surface area contributed by atoms with Gasteiger partial charge < -0.3 is 5.73 Å². The number of rotatable bonds is 4. The van der Waals surface area contributed by atoms with Crippen LogP contribution in [0.1, 0.15) is 53.1 Å². The van der Waals surface area contributed by atoms with Crippen molar-refractivity contribution in [3.8, 4) is 0 Å². The lowest BCUT2D eigenvalue weighted by atomic mass is 9.98. The number of nitrogens with zero attached hydrogens (tertiary/aromatic N) is 2. The number of nitrogens with two attached hydrogens (primary N) is 1. The summed E-state index contributed by atoms with van der Waals surface area (Å²) in [6.07, 6.45) is 0.839. The molecule has 2 N–H and O–H groups in total. The van der Waals surface area contributed by atoms with Gasteiger partial charge in [0.05, 0.1) is 10.6 Å². The molecule has 0 spiro atoms. The van der Waals surface area contributed by atoms with Gasteiger partial charge in [0.25, 0.3) is 0 Å². The van der Waals surface area contributed by atoms with Crippen molar-refractivity contribution in [3.63, 3.8) is 0 Å². The van der Waals surface area contributed by atoms with Gasteiger partial charge in [-0.3, -0.25) is 0 Å². The van der Waals surface area contributed by atoms with Gasteiger partial charge in [0.2, 0.25) is 0 Å². The molecule has 1 unspecified atom stereocenters. The monoisotopic (exact) mass is 275 g/mol. The standard InChI is InChI=1S/C15H21N3S/c1-9(2)14-15(19-18-17-14)13(16)8-12-6-10(3)5-11(4)7-12/h5-7,9,13H,8,16H2,1-4H3. The molecule has 0 saturated carbocycles.